The molecule has 1 aromatic heterocycles. The van der Waals surface area contributed by atoms with Crippen LogP contribution in [-0.4, -0.2) is 28.8 Å². The van der Waals surface area contributed by atoms with E-state index in [-0.39, 0.29) is 29.7 Å². The fraction of sp³-hybridized carbons (Fsp3) is 0.107. The van der Waals surface area contributed by atoms with Gasteiger partial charge in [0.25, 0.3) is 5.91 Å². The largest absolute Gasteiger partial charge is 0.490 e. The van der Waals surface area contributed by atoms with Crippen LogP contribution in [0.1, 0.15) is 21.6 Å². The van der Waals surface area contributed by atoms with Crippen molar-refractivity contribution in [1.82, 2.24) is 10.3 Å². The highest BCUT2D eigenvalue weighted by Crippen LogP contribution is 2.37. The number of rotatable bonds is 7. The first-order chi connectivity index (χ1) is 18.4. The molecule has 10 nitrogen and oxygen atoms in total. The highest BCUT2D eigenvalue weighted by molar-refractivity contribution is 6.12. The van der Waals surface area contributed by atoms with Gasteiger partial charge >= 0.3 is 5.69 Å². The zero-order valence-corrected chi connectivity index (χ0v) is 20.4. The van der Waals surface area contributed by atoms with Crippen LogP contribution in [0.3, 0.4) is 0 Å². The van der Waals surface area contributed by atoms with E-state index in [2.05, 4.69) is 20.9 Å². The minimum absolute atomic E-state index is 0.131. The molecular weight excluding hydrogens is 486 g/mol. The molecular formula is C28H23N5O5. The van der Waals surface area contributed by atoms with Crippen LogP contribution in [0.4, 0.5) is 22.7 Å². The number of carbonyl (C=O) groups is 2. The molecule has 3 N–H and O–H groups in total. The van der Waals surface area contributed by atoms with Gasteiger partial charge in [0.1, 0.15) is 0 Å². The van der Waals surface area contributed by atoms with Gasteiger partial charge in [-0.3, -0.25) is 24.7 Å². The smallest absolute Gasteiger partial charge is 0.310 e. The van der Waals surface area contributed by atoms with Crippen LogP contribution in [0, 0.1) is 10.1 Å². The maximum absolute atomic E-state index is 12.9. The van der Waals surface area contributed by atoms with Gasteiger partial charge in [-0.05, 0) is 65.2 Å². The van der Waals surface area contributed by atoms with Crippen LogP contribution in [-0.2, 0) is 17.8 Å². The Kier molecular flexibility index (Phi) is 6.68. The molecule has 0 bridgehead atoms. The van der Waals surface area contributed by atoms with Crippen LogP contribution in [0.15, 0.2) is 79.0 Å². The number of pyridine rings is 1. The third-order valence-corrected chi connectivity index (χ3v) is 6.13. The number of carbonyl (C=O) groups excluding carboxylic acids is 2. The summed E-state index contributed by atoms with van der Waals surface area (Å²) in [5.41, 5.74) is 5.07. The summed E-state index contributed by atoms with van der Waals surface area (Å²) in [4.78, 5) is 40.4. The standard InChI is InChI=1S/C28H23N5O5/c1-38-26-15-19(7-10-25(26)33(36)37)18-6-8-21-23(14-18)31-24-12-17(5-9-22(24)32-28(21)35)13-27(34)30-16-20-4-2-3-11-29-20/h2-12,14-15,31H,13,16H2,1H3,(H,30,34)(H,32,35). The summed E-state index contributed by atoms with van der Waals surface area (Å²) in [6.07, 6.45) is 1.83. The van der Waals surface area contributed by atoms with E-state index >= 15 is 0 Å². The zero-order chi connectivity index (χ0) is 26.6. The summed E-state index contributed by atoms with van der Waals surface area (Å²) in [6.45, 7) is 0.336. The lowest BCUT2D eigenvalue weighted by Crippen LogP contribution is -2.25. The fourth-order valence-corrected chi connectivity index (χ4v) is 4.22. The van der Waals surface area contributed by atoms with E-state index < -0.39 is 4.92 Å². The summed E-state index contributed by atoms with van der Waals surface area (Å²) < 4.78 is 5.19. The van der Waals surface area contributed by atoms with Gasteiger partial charge in [0, 0.05) is 12.3 Å². The maximum Gasteiger partial charge on any atom is 0.310 e. The van der Waals surface area contributed by atoms with Crippen molar-refractivity contribution < 1.29 is 19.2 Å². The molecule has 2 heterocycles. The normalized spacial score (nSPS) is 11.8. The van der Waals surface area contributed by atoms with Gasteiger partial charge in [0.15, 0.2) is 5.75 Å². The fourth-order valence-electron chi connectivity index (χ4n) is 4.22. The van der Waals surface area contributed by atoms with Gasteiger partial charge in [-0.2, -0.15) is 0 Å². The Morgan fingerprint density at radius 1 is 0.974 bits per heavy atom. The molecule has 5 rings (SSSR count). The number of ether oxygens (including phenoxy) is 1. The number of hydrogen-bond donors (Lipinski definition) is 3. The lowest BCUT2D eigenvalue weighted by Gasteiger charge is -2.12. The molecule has 4 aromatic rings. The molecule has 0 radical (unpaired) electrons. The van der Waals surface area contributed by atoms with Gasteiger partial charge in [-0.15, -0.1) is 0 Å². The molecule has 0 atom stereocenters. The van der Waals surface area contributed by atoms with E-state index in [1.54, 1.807) is 48.7 Å². The Hall–Kier alpha value is -5.25. The average molecular weight is 510 g/mol. The van der Waals surface area contributed by atoms with E-state index in [0.717, 1.165) is 16.8 Å². The van der Waals surface area contributed by atoms with Gasteiger partial charge in [0.2, 0.25) is 5.91 Å². The topological polar surface area (TPSA) is 135 Å². The second-order valence-corrected chi connectivity index (χ2v) is 8.64. The predicted octanol–water partition coefficient (Wildman–Crippen LogP) is 4.83. The summed E-state index contributed by atoms with van der Waals surface area (Å²) in [6, 6.07) is 20.8. The lowest BCUT2D eigenvalue weighted by atomic mass is 10.0. The first kappa shape index (κ1) is 24.4. The first-order valence-electron chi connectivity index (χ1n) is 11.8. The Morgan fingerprint density at radius 3 is 2.55 bits per heavy atom. The van der Waals surface area contributed by atoms with Crippen molar-refractivity contribution in [1.29, 1.82) is 0 Å². The molecule has 190 valence electrons. The number of aromatic nitrogens is 1. The van der Waals surface area contributed by atoms with Crippen LogP contribution in [0.5, 0.6) is 5.75 Å². The van der Waals surface area contributed by atoms with Gasteiger partial charge in [0.05, 0.1) is 53.3 Å². The van der Waals surface area contributed by atoms with Crippen molar-refractivity contribution in [2.24, 2.45) is 0 Å². The molecule has 0 saturated heterocycles. The van der Waals surface area contributed by atoms with E-state index in [9.17, 15) is 19.7 Å². The molecule has 0 fully saturated rings. The second kappa shape index (κ2) is 10.4. The third kappa shape index (κ3) is 5.14. The van der Waals surface area contributed by atoms with Gasteiger partial charge in [-0.1, -0.05) is 18.2 Å². The van der Waals surface area contributed by atoms with Crippen LogP contribution < -0.4 is 20.7 Å². The van der Waals surface area contributed by atoms with Crippen molar-refractivity contribution in [3.05, 3.63) is 106 Å². The second-order valence-electron chi connectivity index (χ2n) is 8.64. The van der Waals surface area contributed by atoms with Crippen LogP contribution in [0.2, 0.25) is 0 Å². The minimum Gasteiger partial charge on any atom is -0.490 e. The van der Waals surface area contributed by atoms with Crippen LogP contribution in [0.25, 0.3) is 11.1 Å². The summed E-state index contributed by atoms with van der Waals surface area (Å²) in [5.74, 6) is -0.285. The quantitative estimate of drug-likeness (QED) is 0.240. The molecule has 0 spiro atoms. The van der Waals surface area contributed by atoms with Gasteiger partial charge < -0.3 is 20.7 Å². The van der Waals surface area contributed by atoms with E-state index in [1.165, 1.54) is 13.2 Å². The Labute approximate surface area is 217 Å². The Bertz CT molecular complexity index is 1560. The number of nitrogens with zero attached hydrogens (tertiary/aromatic N) is 2. The van der Waals surface area contributed by atoms with Gasteiger partial charge in [-0.25, -0.2) is 0 Å². The molecule has 38 heavy (non-hydrogen) atoms. The zero-order valence-electron chi connectivity index (χ0n) is 20.4. The summed E-state index contributed by atoms with van der Waals surface area (Å²) in [5, 5.41) is 20.3. The molecule has 0 saturated carbocycles. The van der Waals surface area contributed by atoms with Crippen molar-refractivity contribution in [2.75, 3.05) is 17.7 Å². The molecule has 10 heteroatoms. The van der Waals surface area contributed by atoms with Crippen molar-refractivity contribution >= 4 is 34.6 Å². The first-order valence-corrected chi connectivity index (χ1v) is 11.8. The number of nitro groups is 1. The molecule has 0 unspecified atom stereocenters. The summed E-state index contributed by atoms with van der Waals surface area (Å²) >= 11 is 0. The Morgan fingerprint density at radius 2 is 1.79 bits per heavy atom. The predicted molar refractivity (Wildman–Crippen MR) is 143 cm³/mol. The molecule has 2 amide bonds. The number of amides is 2. The third-order valence-electron chi connectivity index (χ3n) is 6.13. The average Bonchev–Trinajstić information content (AvgIpc) is 3.06. The van der Waals surface area contributed by atoms with Crippen LogP contribution >= 0.6 is 0 Å². The van der Waals surface area contributed by atoms with Crippen molar-refractivity contribution in [3.8, 4) is 16.9 Å². The monoisotopic (exact) mass is 509 g/mol. The lowest BCUT2D eigenvalue weighted by molar-refractivity contribution is -0.385. The number of fused-ring (bicyclic) bond motifs is 2. The van der Waals surface area contributed by atoms with E-state index in [1.807, 2.05) is 24.3 Å². The number of anilines is 3. The SMILES string of the molecule is COc1cc(-c2ccc3c(c2)Nc2cc(CC(=O)NCc4ccccn4)ccc2NC3=O)ccc1[N+](=O)[O-]. The highest BCUT2D eigenvalue weighted by atomic mass is 16.6. The highest BCUT2D eigenvalue weighted by Gasteiger charge is 2.21. The van der Waals surface area contributed by atoms with E-state index in [4.69, 9.17) is 4.74 Å². The van der Waals surface area contributed by atoms with Crippen molar-refractivity contribution in [2.45, 2.75) is 13.0 Å². The van der Waals surface area contributed by atoms with Crippen molar-refractivity contribution in [3.63, 3.8) is 0 Å². The number of methoxy groups -OCH3 is 1. The number of nitrogens with one attached hydrogen (secondary N) is 3. The Balaban J connectivity index is 1.38. The number of hydrogen-bond acceptors (Lipinski definition) is 7. The van der Waals surface area contributed by atoms with E-state index in [0.29, 0.717) is 34.7 Å². The molecule has 1 aliphatic rings. The molecule has 3 aromatic carbocycles. The number of benzene rings is 3. The summed E-state index contributed by atoms with van der Waals surface area (Å²) in [7, 11) is 1.38. The molecule has 0 aliphatic carbocycles. The minimum atomic E-state index is -0.501. The maximum atomic E-state index is 12.9. The molecule has 1 aliphatic heterocycles. The number of nitro benzene ring substituents is 1.